The van der Waals surface area contributed by atoms with Crippen LogP contribution in [0.2, 0.25) is 0 Å². The van der Waals surface area contributed by atoms with Gasteiger partial charge < -0.3 is 10.2 Å². The molecule has 0 spiro atoms. The Morgan fingerprint density at radius 2 is 1.00 bits per heavy atom. The maximum Gasteiger partial charge on any atom is 0.219 e. The highest BCUT2D eigenvalue weighted by atomic mass is 16.3. The van der Waals surface area contributed by atoms with Crippen LogP contribution in [0.25, 0.3) is 32.9 Å². The van der Waals surface area contributed by atoms with Gasteiger partial charge in [-0.15, -0.1) is 0 Å². The van der Waals surface area contributed by atoms with Crippen molar-refractivity contribution in [2.24, 2.45) is 0 Å². The van der Waals surface area contributed by atoms with Gasteiger partial charge in [-0.2, -0.15) is 0 Å². The number of aromatic hydroxyl groups is 2. The molecule has 4 rings (SSSR count). The molecule has 106 valence electrons. The quantitative estimate of drug-likeness (QED) is 0.558. The first-order chi connectivity index (χ1) is 10.7. The minimum atomic E-state index is -0.0393. The molecule has 2 heterocycles. The van der Waals surface area contributed by atoms with Gasteiger partial charge in [-0.05, 0) is 35.0 Å². The van der Waals surface area contributed by atoms with E-state index in [0.29, 0.717) is 22.2 Å². The van der Waals surface area contributed by atoms with Crippen LogP contribution in [0.15, 0.2) is 60.7 Å². The molecule has 0 aliphatic heterocycles. The van der Waals surface area contributed by atoms with E-state index >= 15 is 0 Å². The highest BCUT2D eigenvalue weighted by Gasteiger charge is 2.10. The van der Waals surface area contributed by atoms with Gasteiger partial charge >= 0.3 is 0 Å². The van der Waals surface area contributed by atoms with Crippen LogP contribution < -0.4 is 0 Å². The first-order valence-corrected chi connectivity index (χ1v) is 6.90. The molecule has 0 radical (unpaired) electrons. The second-order valence-electron chi connectivity index (χ2n) is 5.10. The molecule has 0 aliphatic rings. The Bertz CT molecular complexity index is 929. The van der Waals surface area contributed by atoms with E-state index in [9.17, 15) is 10.2 Å². The molecule has 0 atom stereocenters. The molecule has 2 aromatic carbocycles. The lowest BCUT2D eigenvalue weighted by Gasteiger charge is -2.07. The Labute approximate surface area is 126 Å². The summed E-state index contributed by atoms with van der Waals surface area (Å²) >= 11 is 0. The summed E-state index contributed by atoms with van der Waals surface area (Å²) in [5.74, 6) is -0.0786. The number of pyridine rings is 2. The highest BCUT2D eigenvalue weighted by molar-refractivity contribution is 5.92. The van der Waals surface area contributed by atoms with E-state index in [2.05, 4.69) is 9.97 Å². The zero-order valence-corrected chi connectivity index (χ0v) is 11.6. The second kappa shape index (κ2) is 4.70. The van der Waals surface area contributed by atoms with E-state index in [0.717, 1.165) is 10.8 Å². The average molecular weight is 288 g/mol. The lowest BCUT2D eigenvalue weighted by Crippen LogP contribution is -1.90. The van der Waals surface area contributed by atoms with E-state index in [1.165, 1.54) is 0 Å². The van der Waals surface area contributed by atoms with Gasteiger partial charge in [0.15, 0.2) is 0 Å². The fraction of sp³-hybridized carbons (Fsp3) is 0. The molecule has 2 N–H and O–H groups in total. The normalized spacial score (nSPS) is 11.1. The summed E-state index contributed by atoms with van der Waals surface area (Å²) in [5.41, 5.74) is 1.05. The maximum atomic E-state index is 10.1. The minimum Gasteiger partial charge on any atom is -0.493 e. The fourth-order valence-corrected chi connectivity index (χ4v) is 2.62. The number of benzene rings is 2. The van der Waals surface area contributed by atoms with Gasteiger partial charge in [0, 0.05) is 10.8 Å². The van der Waals surface area contributed by atoms with Crippen LogP contribution in [-0.4, -0.2) is 20.2 Å². The molecule has 4 nitrogen and oxygen atoms in total. The van der Waals surface area contributed by atoms with Crippen molar-refractivity contribution in [3.8, 4) is 23.1 Å². The topological polar surface area (TPSA) is 66.2 Å². The largest absolute Gasteiger partial charge is 0.493 e. The fourth-order valence-electron chi connectivity index (χ4n) is 2.62. The standard InChI is InChI=1S/C18H12N2O2/c21-17-13-7-3-1-5-11(13)9-15(19-17)16-10-12-6-2-4-8-14(12)18(22)20-16/h1-10H,(H,19,21)(H,20,22). The first-order valence-electron chi connectivity index (χ1n) is 6.90. The van der Waals surface area contributed by atoms with Crippen molar-refractivity contribution < 1.29 is 10.2 Å². The van der Waals surface area contributed by atoms with Gasteiger partial charge in [0.2, 0.25) is 11.8 Å². The molecule has 0 bridgehead atoms. The first kappa shape index (κ1) is 12.6. The van der Waals surface area contributed by atoms with Gasteiger partial charge in [-0.3, -0.25) is 0 Å². The van der Waals surface area contributed by atoms with E-state index < -0.39 is 0 Å². The number of hydrogen-bond donors (Lipinski definition) is 2. The molecule has 0 saturated carbocycles. The van der Waals surface area contributed by atoms with Crippen molar-refractivity contribution in [1.82, 2.24) is 9.97 Å². The van der Waals surface area contributed by atoms with E-state index in [-0.39, 0.29) is 11.8 Å². The molecule has 0 fully saturated rings. The van der Waals surface area contributed by atoms with Crippen molar-refractivity contribution in [2.45, 2.75) is 0 Å². The van der Waals surface area contributed by atoms with Crippen molar-refractivity contribution >= 4 is 21.5 Å². The molecular formula is C18H12N2O2. The summed E-state index contributed by atoms with van der Waals surface area (Å²) in [5, 5.41) is 23.3. The lowest BCUT2D eigenvalue weighted by molar-refractivity contribution is 0.458. The molecular weight excluding hydrogens is 276 g/mol. The van der Waals surface area contributed by atoms with Crippen molar-refractivity contribution in [1.29, 1.82) is 0 Å². The van der Waals surface area contributed by atoms with Crippen LogP contribution in [0.1, 0.15) is 0 Å². The average Bonchev–Trinajstić information content (AvgIpc) is 2.55. The monoisotopic (exact) mass is 288 g/mol. The zero-order valence-electron chi connectivity index (χ0n) is 11.6. The highest BCUT2D eigenvalue weighted by Crippen LogP contribution is 2.31. The Kier molecular flexibility index (Phi) is 2.69. The molecule has 4 aromatic rings. The summed E-state index contributed by atoms with van der Waals surface area (Å²) in [6.07, 6.45) is 0. The van der Waals surface area contributed by atoms with Gasteiger partial charge in [0.05, 0.1) is 11.4 Å². The van der Waals surface area contributed by atoms with Crippen LogP contribution in [0.4, 0.5) is 0 Å². The van der Waals surface area contributed by atoms with Crippen LogP contribution in [0.5, 0.6) is 11.8 Å². The predicted molar refractivity (Wildman–Crippen MR) is 85.8 cm³/mol. The molecule has 4 heteroatoms. The molecule has 2 aromatic heterocycles. The van der Waals surface area contributed by atoms with Crippen LogP contribution in [0.3, 0.4) is 0 Å². The van der Waals surface area contributed by atoms with Gasteiger partial charge in [0.1, 0.15) is 0 Å². The third kappa shape index (κ3) is 1.93. The van der Waals surface area contributed by atoms with E-state index in [1.54, 1.807) is 0 Å². The molecule has 22 heavy (non-hydrogen) atoms. The number of fused-ring (bicyclic) bond motifs is 2. The molecule has 0 amide bonds. The summed E-state index contributed by atoms with van der Waals surface area (Å²) in [6.45, 7) is 0. The Balaban J connectivity index is 1.99. The smallest absolute Gasteiger partial charge is 0.219 e. The SMILES string of the molecule is Oc1nc(-c2cc3ccccc3c(O)n2)cc2ccccc12. The van der Waals surface area contributed by atoms with Crippen LogP contribution in [-0.2, 0) is 0 Å². The number of nitrogens with zero attached hydrogens (tertiary/aromatic N) is 2. The Morgan fingerprint density at radius 1 is 0.591 bits per heavy atom. The summed E-state index contributed by atoms with van der Waals surface area (Å²) in [4.78, 5) is 8.40. The number of hydrogen-bond acceptors (Lipinski definition) is 4. The van der Waals surface area contributed by atoms with Gasteiger partial charge in [-0.25, -0.2) is 9.97 Å². The molecule has 0 unspecified atom stereocenters. The zero-order chi connectivity index (χ0) is 15.1. The van der Waals surface area contributed by atoms with Crippen molar-refractivity contribution in [3.63, 3.8) is 0 Å². The number of aromatic nitrogens is 2. The predicted octanol–water partition coefficient (Wildman–Crippen LogP) is 3.86. The van der Waals surface area contributed by atoms with E-state index in [1.807, 2.05) is 60.7 Å². The van der Waals surface area contributed by atoms with Crippen LogP contribution >= 0.6 is 0 Å². The van der Waals surface area contributed by atoms with Crippen molar-refractivity contribution in [2.75, 3.05) is 0 Å². The van der Waals surface area contributed by atoms with E-state index in [4.69, 9.17) is 0 Å². The van der Waals surface area contributed by atoms with Gasteiger partial charge in [-0.1, -0.05) is 36.4 Å². The second-order valence-corrected chi connectivity index (χ2v) is 5.10. The Morgan fingerprint density at radius 3 is 1.45 bits per heavy atom. The molecule has 0 saturated heterocycles. The molecule has 0 aliphatic carbocycles. The summed E-state index contributed by atoms with van der Waals surface area (Å²) in [6, 6.07) is 18.6. The minimum absolute atomic E-state index is 0.0393. The summed E-state index contributed by atoms with van der Waals surface area (Å²) in [7, 11) is 0. The number of rotatable bonds is 1. The Hall–Kier alpha value is -3.14. The van der Waals surface area contributed by atoms with Gasteiger partial charge in [0.25, 0.3) is 0 Å². The summed E-state index contributed by atoms with van der Waals surface area (Å²) < 4.78 is 0. The third-order valence-corrected chi connectivity index (χ3v) is 3.70. The maximum absolute atomic E-state index is 10.1. The third-order valence-electron chi connectivity index (χ3n) is 3.70. The van der Waals surface area contributed by atoms with Crippen LogP contribution in [0, 0.1) is 0 Å². The van der Waals surface area contributed by atoms with Crippen molar-refractivity contribution in [3.05, 3.63) is 60.7 Å². The lowest BCUT2D eigenvalue weighted by atomic mass is 10.1.